The van der Waals surface area contributed by atoms with E-state index in [1.54, 1.807) is 23.9 Å². The van der Waals surface area contributed by atoms with Crippen molar-refractivity contribution < 1.29 is 4.39 Å². The quantitative estimate of drug-likeness (QED) is 0.784. The zero-order valence-electron chi connectivity index (χ0n) is 8.87. The van der Waals surface area contributed by atoms with Crippen LogP contribution in [0.15, 0.2) is 24.3 Å². The molecule has 0 bridgehead atoms. The Bertz CT molecular complexity index is 294. The summed E-state index contributed by atoms with van der Waals surface area (Å²) in [6.07, 6.45) is 3.00. The van der Waals surface area contributed by atoms with Crippen molar-refractivity contribution in [1.82, 2.24) is 0 Å². The lowest BCUT2D eigenvalue weighted by Gasteiger charge is -2.17. The highest BCUT2D eigenvalue weighted by molar-refractivity contribution is 7.98. The molecule has 0 saturated heterocycles. The van der Waals surface area contributed by atoms with Gasteiger partial charge in [0.05, 0.1) is 5.69 Å². The number of nitrogens with two attached hydrogens (primary N) is 1. The molecule has 15 heavy (non-hydrogen) atoms. The van der Waals surface area contributed by atoms with Crippen LogP contribution >= 0.6 is 11.8 Å². The number of hydrogen-bond acceptors (Lipinski definition) is 3. The van der Waals surface area contributed by atoms with Gasteiger partial charge in [0, 0.05) is 12.6 Å². The summed E-state index contributed by atoms with van der Waals surface area (Å²) in [7, 11) is 0. The monoisotopic (exact) mass is 228 g/mol. The van der Waals surface area contributed by atoms with Crippen LogP contribution in [-0.2, 0) is 0 Å². The Hall–Kier alpha value is -0.740. The summed E-state index contributed by atoms with van der Waals surface area (Å²) in [6, 6.07) is 6.82. The normalized spacial score (nSPS) is 12.5. The average molecular weight is 228 g/mol. The Labute approximate surface area is 94.4 Å². The first kappa shape index (κ1) is 12.3. The molecule has 0 aromatic heterocycles. The molecular formula is C11H17FN2S. The average Bonchev–Trinajstić information content (AvgIpc) is 2.26. The second kappa shape index (κ2) is 6.69. The maximum atomic E-state index is 13.3. The molecule has 1 unspecified atom stereocenters. The second-order valence-corrected chi connectivity index (χ2v) is 4.32. The van der Waals surface area contributed by atoms with Crippen molar-refractivity contribution >= 4 is 17.4 Å². The van der Waals surface area contributed by atoms with Crippen molar-refractivity contribution in [3.8, 4) is 0 Å². The van der Waals surface area contributed by atoms with Crippen LogP contribution < -0.4 is 11.1 Å². The van der Waals surface area contributed by atoms with Crippen molar-refractivity contribution in [3.05, 3.63) is 30.1 Å². The molecule has 0 saturated carbocycles. The molecule has 0 aliphatic heterocycles. The molecule has 0 heterocycles. The summed E-state index contributed by atoms with van der Waals surface area (Å²) in [5.74, 6) is 0.809. The fourth-order valence-corrected chi connectivity index (χ4v) is 1.83. The number of anilines is 1. The predicted molar refractivity (Wildman–Crippen MR) is 65.9 cm³/mol. The minimum absolute atomic E-state index is 0.148. The maximum absolute atomic E-state index is 13.3. The lowest BCUT2D eigenvalue weighted by Crippen LogP contribution is -2.29. The van der Waals surface area contributed by atoms with Crippen LogP contribution in [-0.4, -0.2) is 24.6 Å². The zero-order valence-corrected chi connectivity index (χ0v) is 9.69. The van der Waals surface area contributed by atoms with Crippen LogP contribution in [0.4, 0.5) is 10.1 Å². The summed E-state index contributed by atoms with van der Waals surface area (Å²) in [5.41, 5.74) is 6.15. The van der Waals surface area contributed by atoms with Crippen molar-refractivity contribution in [1.29, 1.82) is 0 Å². The highest BCUT2D eigenvalue weighted by Crippen LogP contribution is 2.14. The number of benzene rings is 1. The molecule has 0 fully saturated rings. The zero-order chi connectivity index (χ0) is 11.1. The largest absolute Gasteiger partial charge is 0.379 e. The third-order valence-electron chi connectivity index (χ3n) is 2.19. The molecule has 1 rings (SSSR count). The van der Waals surface area contributed by atoms with E-state index in [0.717, 1.165) is 12.2 Å². The first-order valence-corrected chi connectivity index (χ1v) is 6.37. The van der Waals surface area contributed by atoms with E-state index in [1.807, 2.05) is 6.07 Å². The Balaban J connectivity index is 2.54. The third-order valence-corrected chi connectivity index (χ3v) is 2.83. The third kappa shape index (κ3) is 4.10. The van der Waals surface area contributed by atoms with Gasteiger partial charge >= 0.3 is 0 Å². The molecule has 84 valence electrons. The number of rotatable bonds is 6. The van der Waals surface area contributed by atoms with Gasteiger partial charge in [-0.25, -0.2) is 4.39 Å². The lowest BCUT2D eigenvalue weighted by atomic mass is 10.2. The minimum Gasteiger partial charge on any atom is -0.379 e. The predicted octanol–water partition coefficient (Wildman–Crippen LogP) is 2.32. The van der Waals surface area contributed by atoms with Crippen LogP contribution in [0.3, 0.4) is 0 Å². The fraction of sp³-hybridized carbons (Fsp3) is 0.455. The molecule has 1 aromatic rings. The molecule has 0 aliphatic rings. The van der Waals surface area contributed by atoms with Gasteiger partial charge in [0.25, 0.3) is 0 Å². The molecule has 0 aliphatic carbocycles. The Morgan fingerprint density at radius 1 is 1.47 bits per heavy atom. The van der Waals surface area contributed by atoms with Gasteiger partial charge in [-0.1, -0.05) is 12.1 Å². The van der Waals surface area contributed by atoms with Gasteiger partial charge in [-0.05, 0) is 30.6 Å². The molecule has 1 atom stereocenters. The SMILES string of the molecule is CSCCC(CN)Nc1ccccc1F. The Kier molecular flexibility index (Phi) is 5.50. The number of thioether (sulfide) groups is 1. The maximum Gasteiger partial charge on any atom is 0.146 e. The van der Waals surface area contributed by atoms with Crippen molar-refractivity contribution in [2.75, 3.05) is 23.9 Å². The second-order valence-electron chi connectivity index (χ2n) is 3.34. The van der Waals surface area contributed by atoms with Crippen LogP contribution in [0.1, 0.15) is 6.42 Å². The Morgan fingerprint density at radius 3 is 2.80 bits per heavy atom. The summed E-state index contributed by atoms with van der Waals surface area (Å²) in [5, 5.41) is 3.12. The molecule has 3 N–H and O–H groups in total. The summed E-state index contributed by atoms with van der Waals surface area (Å²) in [6.45, 7) is 0.523. The van der Waals surface area contributed by atoms with E-state index in [-0.39, 0.29) is 11.9 Å². The van der Waals surface area contributed by atoms with Gasteiger partial charge in [0.15, 0.2) is 0 Å². The van der Waals surface area contributed by atoms with E-state index in [0.29, 0.717) is 12.2 Å². The topological polar surface area (TPSA) is 38.0 Å². The van der Waals surface area contributed by atoms with Gasteiger partial charge < -0.3 is 11.1 Å². The molecule has 1 aromatic carbocycles. The highest BCUT2D eigenvalue weighted by atomic mass is 32.2. The summed E-state index contributed by atoms with van der Waals surface area (Å²) < 4.78 is 13.3. The molecule has 2 nitrogen and oxygen atoms in total. The van der Waals surface area contributed by atoms with Crippen LogP contribution in [0.25, 0.3) is 0 Å². The summed E-state index contributed by atoms with van der Waals surface area (Å²) >= 11 is 1.77. The Morgan fingerprint density at radius 2 is 2.20 bits per heavy atom. The smallest absolute Gasteiger partial charge is 0.146 e. The van der Waals surface area contributed by atoms with E-state index in [2.05, 4.69) is 11.6 Å². The van der Waals surface area contributed by atoms with E-state index in [4.69, 9.17) is 5.73 Å². The van der Waals surface area contributed by atoms with Gasteiger partial charge in [-0.15, -0.1) is 0 Å². The van der Waals surface area contributed by atoms with Gasteiger partial charge in [0.2, 0.25) is 0 Å². The molecular weight excluding hydrogens is 211 g/mol. The van der Waals surface area contributed by atoms with Crippen molar-refractivity contribution in [3.63, 3.8) is 0 Å². The number of nitrogens with one attached hydrogen (secondary N) is 1. The van der Waals surface area contributed by atoms with Crippen LogP contribution in [0.5, 0.6) is 0 Å². The van der Waals surface area contributed by atoms with Crippen LogP contribution in [0.2, 0.25) is 0 Å². The molecule has 0 radical (unpaired) electrons. The minimum atomic E-state index is -0.222. The van der Waals surface area contributed by atoms with E-state index < -0.39 is 0 Å². The first-order chi connectivity index (χ1) is 7.27. The number of para-hydroxylation sites is 1. The standard InChI is InChI=1S/C11H17FN2S/c1-15-7-6-9(8-13)14-11-5-3-2-4-10(11)12/h2-5,9,14H,6-8,13H2,1H3. The molecule has 0 amide bonds. The highest BCUT2D eigenvalue weighted by Gasteiger charge is 2.08. The molecule has 0 spiro atoms. The van der Waals surface area contributed by atoms with E-state index >= 15 is 0 Å². The van der Waals surface area contributed by atoms with E-state index in [9.17, 15) is 4.39 Å². The van der Waals surface area contributed by atoms with Gasteiger partial charge in [0.1, 0.15) is 5.82 Å². The van der Waals surface area contributed by atoms with Crippen molar-refractivity contribution in [2.45, 2.75) is 12.5 Å². The number of hydrogen-bond donors (Lipinski definition) is 2. The first-order valence-electron chi connectivity index (χ1n) is 4.98. The summed E-state index contributed by atoms with van der Waals surface area (Å²) in [4.78, 5) is 0. The fourth-order valence-electron chi connectivity index (χ4n) is 1.31. The van der Waals surface area contributed by atoms with Crippen molar-refractivity contribution in [2.24, 2.45) is 5.73 Å². The van der Waals surface area contributed by atoms with Crippen LogP contribution in [0, 0.1) is 5.82 Å². The van der Waals surface area contributed by atoms with E-state index in [1.165, 1.54) is 6.07 Å². The lowest BCUT2D eigenvalue weighted by molar-refractivity contribution is 0.621. The number of halogens is 1. The molecule has 4 heteroatoms. The van der Waals surface area contributed by atoms with Gasteiger partial charge in [-0.3, -0.25) is 0 Å². The van der Waals surface area contributed by atoms with Gasteiger partial charge in [-0.2, -0.15) is 11.8 Å².